The Morgan fingerprint density at radius 3 is 1.38 bits per heavy atom. The molecule has 0 aromatic heterocycles. The molecular weight excluding hydrogens is 308 g/mol. The fraction of sp³-hybridized carbons (Fsp3) is 0.889. The van der Waals surface area contributed by atoms with Crippen molar-refractivity contribution in [2.45, 2.75) is 38.5 Å². The largest absolute Gasteiger partial charge is 0.464 e. The van der Waals surface area contributed by atoms with Crippen LogP contribution in [0.25, 0.3) is 0 Å². The van der Waals surface area contributed by atoms with E-state index in [-0.39, 0.29) is 23.8 Å². The highest BCUT2D eigenvalue weighted by atomic mass is 16.5. The molecule has 0 N–H and O–H groups in total. The molecule has 0 amide bonds. The number of esters is 2. The maximum Gasteiger partial charge on any atom is 0.308 e. The summed E-state index contributed by atoms with van der Waals surface area (Å²) in [7, 11) is 0. The number of piperazine rings is 1. The topological polar surface area (TPSA) is 59.1 Å². The Balaban J connectivity index is 1.20. The third-order valence-corrected chi connectivity index (χ3v) is 5.65. The van der Waals surface area contributed by atoms with E-state index in [1.165, 1.54) is 0 Å². The Kier molecular flexibility index (Phi) is 6.49. The van der Waals surface area contributed by atoms with Crippen molar-refractivity contribution in [1.29, 1.82) is 0 Å². The van der Waals surface area contributed by atoms with Crippen molar-refractivity contribution in [2.24, 2.45) is 11.8 Å². The second-order valence-corrected chi connectivity index (χ2v) is 7.27. The summed E-state index contributed by atoms with van der Waals surface area (Å²) >= 11 is 0. The Morgan fingerprint density at radius 1 is 0.708 bits per heavy atom. The molecule has 6 heteroatoms. The molecule has 0 unspecified atom stereocenters. The van der Waals surface area contributed by atoms with Crippen molar-refractivity contribution in [3.8, 4) is 0 Å². The first-order valence-electron chi connectivity index (χ1n) is 9.50. The normalized spacial score (nSPS) is 23.3. The highest BCUT2D eigenvalue weighted by Gasteiger charge is 2.27. The zero-order chi connectivity index (χ0) is 16.8. The van der Waals surface area contributed by atoms with Crippen LogP contribution in [0.5, 0.6) is 0 Å². The molecule has 6 nitrogen and oxygen atoms in total. The van der Waals surface area contributed by atoms with Crippen molar-refractivity contribution in [3.63, 3.8) is 0 Å². The zero-order valence-corrected chi connectivity index (χ0v) is 14.6. The number of rotatable bonds is 8. The van der Waals surface area contributed by atoms with E-state index in [1.807, 2.05) is 0 Å². The van der Waals surface area contributed by atoms with Crippen LogP contribution in [0.2, 0.25) is 0 Å². The lowest BCUT2D eigenvalue weighted by molar-refractivity contribution is -0.153. The molecular formula is C18H30N2O4. The molecule has 0 radical (unpaired) electrons. The maximum atomic E-state index is 11.7. The van der Waals surface area contributed by atoms with Crippen LogP contribution in [0.1, 0.15) is 38.5 Å². The van der Waals surface area contributed by atoms with Crippen molar-refractivity contribution < 1.29 is 19.1 Å². The third-order valence-electron chi connectivity index (χ3n) is 5.65. The molecule has 1 aliphatic heterocycles. The van der Waals surface area contributed by atoms with Crippen LogP contribution in [0, 0.1) is 11.8 Å². The Hall–Kier alpha value is -1.14. The van der Waals surface area contributed by atoms with Gasteiger partial charge in [0.2, 0.25) is 0 Å². The third kappa shape index (κ3) is 4.93. The predicted molar refractivity (Wildman–Crippen MR) is 89.5 cm³/mol. The summed E-state index contributed by atoms with van der Waals surface area (Å²) < 4.78 is 10.7. The van der Waals surface area contributed by atoms with Crippen LogP contribution in [0.3, 0.4) is 0 Å². The molecule has 2 saturated carbocycles. The molecule has 3 fully saturated rings. The number of carbonyl (C=O) groups excluding carboxylic acids is 2. The molecule has 136 valence electrons. The molecule has 24 heavy (non-hydrogen) atoms. The van der Waals surface area contributed by atoms with Crippen molar-refractivity contribution in [2.75, 3.05) is 52.5 Å². The van der Waals surface area contributed by atoms with Gasteiger partial charge in [0.05, 0.1) is 11.8 Å². The number of nitrogens with zero attached hydrogens (tertiary/aromatic N) is 2. The zero-order valence-electron chi connectivity index (χ0n) is 14.6. The van der Waals surface area contributed by atoms with Crippen LogP contribution < -0.4 is 0 Å². The number of hydrogen-bond acceptors (Lipinski definition) is 6. The van der Waals surface area contributed by atoms with E-state index in [0.717, 1.165) is 77.8 Å². The summed E-state index contributed by atoms with van der Waals surface area (Å²) in [6.07, 6.45) is 6.34. The lowest BCUT2D eigenvalue weighted by Crippen LogP contribution is -2.48. The first-order valence-corrected chi connectivity index (χ1v) is 9.50. The summed E-state index contributed by atoms with van der Waals surface area (Å²) in [5.41, 5.74) is 0. The molecule has 0 aromatic rings. The monoisotopic (exact) mass is 338 g/mol. The molecule has 3 aliphatic rings. The van der Waals surface area contributed by atoms with Crippen LogP contribution in [0.15, 0.2) is 0 Å². The summed E-state index contributed by atoms with van der Waals surface area (Å²) in [6, 6.07) is 0. The highest BCUT2D eigenvalue weighted by molar-refractivity contribution is 5.73. The van der Waals surface area contributed by atoms with Gasteiger partial charge in [-0.15, -0.1) is 0 Å². The van der Waals surface area contributed by atoms with Gasteiger partial charge in [-0.2, -0.15) is 0 Å². The lowest BCUT2D eigenvalue weighted by Gasteiger charge is -2.34. The van der Waals surface area contributed by atoms with E-state index in [0.29, 0.717) is 13.2 Å². The molecule has 1 saturated heterocycles. The Bertz CT molecular complexity index is 387. The van der Waals surface area contributed by atoms with Gasteiger partial charge in [0, 0.05) is 39.3 Å². The fourth-order valence-corrected chi connectivity index (χ4v) is 3.31. The van der Waals surface area contributed by atoms with Crippen LogP contribution in [-0.2, 0) is 19.1 Å². The summed E-state index contributed by atoms with van der Waals surface area (Å²) in [5.74, 6) is 0.329. The number of ether oxygens (including phenoxy) is 2. The van der Waals surface area contributed by atoms with Gasteiger partial charge in [-0.3, -0.25) is 19.4 Å². The number of carbonyl (C=O) groups is 2. The minimum absolute atomic E-state index is 0.00633. The van der Waals surface area contributed by atoms with Crippen molar-refractivity contribution >= 4 is 11.9 Å². The average molecular weight is 338 g/mol. The van der Waals surface area contributed by atoms with E-state index in [4.69, 9.17) is 9.47 Å². The summed E-state index contributed by atoms with van der Waals surface area (Å²) in [5, 5.41) is 0. The van der Waals surface area contributed by atoms with Crippen LogP contribution in [0.4, 0.5) is 0 Å². The molecule has 1 heterocycles. The van der Waals surface area contributed by atoms with Gasteiger partial charge in [0.1, 0.15) is 13.2 Å². The van der Waals surface area contributed by atoms with E-state index in [2.05, 4.69) is 9.80 Å². The summed E-state index contributed by atoms with van der Waals surface area (Å²) in [6.45, 7) is 6.60. The first kappa shape index (κ1) is 17.7. The molecule has 2 aliphatic carbocycles. The molecule has 0 bridgehead atoms. The smallest absolute Gasteiger partial charge is 0.308 e. The second kappa shape index (κ2) is 8.81. The Morgan fingerprint density at radius 2 is 1.08 bits per heavy atom. The first-order chi connectivity index (χ1) is 11.7. The fourth-order valence-electron chi connectivity index (χ4n) is 3.31. The average Bonchev–Trinajstić information content (AvgIpc) is 2.45. The quantitative estimate of drug-likeness (QED) is 0.622. The Labute approximate surface area is 144 Å². The van der Waals surface area contributed by atoms with E-state index < -0.39 is 0 Å². The lowest BCUT2D eigenvalue weighted by atomic mass is 9.86. The summed E-state index contributed by atoms with van der Waals surface area (Å²) in [4.78, 5) is 28.0. The standard InChI is InChI=1S/C18H30N2O4/c21-17(15-3-1-4-15)23-13-11-19-7-9-20(10-8-19)12-14-24-18(22)16-5-2-6-16/h15-16H,1-14H2. The maximum absolute atomic E-state index is 11.7. The second-order valence-electron chi connectivity index (χ2n) is 7.27. The molecule has 3 rings (SSSR count). The van der Waals surface area contributed by atoms with Crippen LogP contribution >= 0.6 is 0 Å². The van der Waals surface area contributed by atoms with Gasteiger partial charge in [-0.05, 0) is 25.7 Å². The van der Waals surface area contributed by atoms with Crippen molar-refractivity contribution in [1.82, 2.24) is 9.80 Å². The van der Waals surface area contributed by atoms with E-state index >= 15 is 0 Å². The molecule has 0 atom stereocenters. The van der Waals surface area contributed by atoms with Crippen molar-refractivity contribution in [3.05, 3.63) is 0 Å². The van der Waals surface area contributed by atoms with E-state index in [9.17, 15) is 9.59 Å². The van der Waals surface area contributed by atoms with Gasteiger partial charge >= 0.3 is 11.9 Å². The molecule has 0 aromatic carbocycles. The predicted octanol–water partition coefficient (Wildman–Crippen LogP) is 1.29. The SMILES string of the molecule is O=C(OCCN1CCN(CCOC(=O)C2CCC2)CC1)C1CCC1. The number of hydrogen-bond donors (Lipinski definition) is 0. The highest BCUT2D eigenvalue weighted by Crippen LogP contribution is 2.27. The van der Waals surface area contributed by atoms with Gasteiger partial charge in [0.15, 0.2) is 0 Å². The minimum Gasteiger partial charge on any atom is -0.464 e. The molecule has 0 spiro atoms. The van der Waals surface area contributed by atoms with E-state index in [1.54, 1.807) is 0 Å². The minimum atomic E-state index is -0.00633. The van der Waals surface area contributed by atoms with Gasteiger partial charge in [-0.25, -0.2) is 0 Å². The van der Waals surface area contributed by atoms with Gasteiger partial charge < -0.3 is 9.47 Å². The van der Waals surface area contributed by atoms with Gasteiger partial charge in [-0.1, -0.05) is 12.8 Å². The van der Waals surface area contributed by atoms with Crippen LogP contribution in [-0.4, -0.2) is 74.2 Å². The van der Waals surface area contributed by atoms with Gasteiger partial charge in [0.25, 0.3) is 0 Å².